The predicted molar refractivity (Wildman–Crippen MR) is 123 cm³/mol. The van der Waals surface area contributed by atoms with Gasteiger partial charge in [-0.3, -0.25) is 9.78 Å². The molecule has 0 aliphatic carbocycles. The van der Waals surface area contributed by atoms with Gasteiger partial charge in [-0.25, -0.2) is 9.07 Å². The van der Waals surface area contributed by atoms with Crippen molar-refractivity contribution in [2.75, 3.05) is 12.4 Å². The van der Waals surface area contributed by atoms with Crippen molar-refractivity contribution in [2.45, 2.75) is 20.5 Å². The Morgan fingerprint density at radius 2 is 1.88 bits per heavy atom. The monoisotopic (exact) mass is 446 g/mol. The van der Waals surface area contributed by atoms with Crippen LogP contribution in [0.2, 0.25) is 0 Å². The number of rotatable bonds is 7. The molecule has 8 heteroatoms. The smallest absolute Gasteiger partial charge is 0.259 e. The number of methoxy groups -OCH3 is 1. The van der Waals surface area contributed by atoms with Crippen LogP contribution < -0.4 is 14.8 Å². The molecule has 0 spiro atoms. The van der Waals surface area contributed by atoms with Crippen LogP contribution in [0.5, 0.6) is 11.5 Å². The number of ether oxygens (including phenoxy) is 2. The first-order valence-corrected chi connectivity index (χ1v) is 10.3. The fourth-order valence-electron chi connectivity index (χ4n) is 3.51. The Bertz CT molecular complexity index is 1270. The molecule has 0 unspecified atom stereocenters. The summed E-state index contributed by atoms with van der Waals surface area (Å²) in [5, 5.41) is 7.37. The van der Waals surface area contributed by atoms with Crippen LogP contribution in [0.4, 0.5) is 10.1 Å². The number of hydrogen-bond donors (Lipinski definition) is 1. The average Bonchev–Trinajstić information content (AvgIpc) is 3.12. The van der Waals surface area contributed by atoms with Crippen molar-refractivity contribution in [2.24, 2.45) is 0 Å². The van der Waals surface area contributed by atoms with E-state index >= 15 is 0 Å². The van der Waals surface area contributed by atoms with E-state index in [1.165, 1.54) is 12.1 Å². The van der Waals surface area contributed by atoms with Crippen molar-refractivity contribution in [1.82, 2.24) is 14.8 Å². The van der Waals surface area contributed by atoms with E-state index < -0.39 is 0 Å². The molecule has 0 aliphatic rings. The highest BCUT2D eigenvalue weighted by Gasteiger charge is 2.20. The first-order chi connectivity index (χ1) is 16.0. The topological polar surface area (TPSA) is 78.3 Å². The summed E-state index contributed by atoms with van der Waals surface area (Å²) in [6.07, 6.45) is 3.42. The maximum absolute atomic E-state index is 13.3. The van der Waals surface area contributed by atoms with Gasteiger partial charge in [0, 0.05) is 29.7 Å². The van der Waals surface area contributed by atoms with Gasteiger partial charge >= 0.3 is 0 Å². The third-order valence-electron chi connectivity index (χ3n) is 5.13. The fourth-order valence-corrected chi connectivity index (χ4v) is 3.51. The predicted octanol–water partition coefficient (Wildman–Crippen LogP) is 4.86. The van der Waals surface area contributed by atoms with Crippen molar-refractivity contribution in [3.63, 3.8) is 0 Å². The van der Waals surface area contributed by atoms with Crippen molar-refractivity contribution in [1.29, 1.82) is 0 Å². The molecule has 0 aliphatic heterocycles. The lowest BCUT2D eigenvalue weighted by Gasteiger charge is -2.13. The molecule has 0 saturated heterocycles. The van der Waals surface area contributed by atoms with E-state index in [4.69, 9.17) is 9.47 Å². The fraction of sp³-hybridized carbons (Fsp3) is 0.160. The molecule has 2 aromatic heterocycles. The molecule has 4 aromatic rings. The zero-order valence-electron chi connectivity index (χ0n) is 18.5. The summed E-state index contributed by atoms with van der Waals surface area (Å²) in [6.45, 7) is 3.87. The lowest BCUT2D eigenvalue weighted by atomic mass is 10.1. The highest BCUT2D eigenvalue weighted by atomic mass is 19.1. The standard InChI is InChI=1S/C25H23FN4O3/c1-16-24(17(2)30(29-16)21-9-6-19(26)7-10-21)25(31)28-20-8-11-22(32-3)23(13-20)33-15-18-5-4-12-27-14-18/h4-14H,15H2,1-3H3,(H,28,31). The van der Waals surface area contributed by atoms with Crippen LogP contribution in [0.25, 0.3) is 5.69 Å². The van der Waals surface area contributed by atoms with Crippen LogP contribution >= 0.6 is 0 Å². The molecule has 1 amide bonds. The van der Waals surface area contributed by atoms with Gasteiger partial charge in [0.1, 0.15) is 12.4 Å². The maximum atomic E-state index is 13.3. The van der Waals surface area contributed by atoms with E-state index in [9.17, 15) is 9.18 Å². The van der Waals surface area contributed by atoms with Crippen LogP contribution in [0.1, 0.15) is 27.3 Å². The molecule has 0 saturated carbocycles. The Morgan fingerprint density at radius 3 is 2.58 bits per heavy atom. The van der Waals surface area contributed by atoms with Gasteiger partial charge < -0.3 is 14.8 Å². The van der Waals surface area contributed by atoms with Crippen LogP contribution in [-0.4, -0.2) is 27.8 Å². The van der Waals surface area contributed by atoms with Gasteiger partial charge in [-0.1, -0.05) is 6.07 Å². The van der Waals surface area contributed by atoms with E-state index in [0.717, 1.165) is 5.56 Å². The van der Waals surface area contributed by atoms with Gasteiger partial charge in [0.25, 0.3) is 5.91 Å². The summed E-state index contributed by atoms with van der Waals surface area (Å²) >= 11 is 0. The van der Waals surface area contributed by atoms with Gasteiger partial charge in [0.15, 0.2) is 11.5 Å². The third-order valence-corrected chi connectivity index (χ3v) is 5.13. The summed E-state index contributed by atoms with van der Waals surface area (Å²) in [5.74, 6) is 0.407. The number of aromatic nitrogens is 3. The first kappa shape index (κ1) is 22.0. The van der Waals surface area contributed by atoms with Gasteiger partial charge in [-0.15, -0.1) is 0 Å². The Labute approximate surface area is 190 Å². The average molecular weight is 446 g/mol. The Kier molecular flexibility index (Phi) is 6.35. The lowest BCUT2D eigenvalue weighted by Crippen LogP contribution is -2.14. The van der Waals surface area contributed by atoms with Gasteiger partial charge in [-0.05, 0) is 56.3 Å². The van der Waals surface area contributed by atoms with Crippen molar-refractivity contribution < 1.29 is 18.7 Å². The van der Waals surface area contributed by atoms with Crippen molar-refractivity contribution in [3.05, 3.63) is 95.3 Å². The normalized spacial score (nSPS) is 10.7. The zero-order valence-corrected chi connectivity index (χ0v) is 18.5. The number of nitrogens with one attached hydrogen (secondary N) is 1. The van der Waals surface area contributed by atoms with Crippen molar-refractivity contribution >= 4 is 11.6 Å². The summed E-state index contributed by atoms with van der Waals surface area (Å²) in [4.78, 5) is 17.2. The highest BCUT2D eigenvalue weighted by molar-refractivity contribution is 6.06. The van der Waals surface area contributed by atoms with Crippen LogP contribution in [0.3, 0.4) is 0 Å². The maximum Gasteiger partial charge on any atom is 0.259 e. The third kappa shape index (κ3) is 4.85. The molecular formula is C25H23FN4O3. The van der Waals surface area contributed by atoms with Crippen LogP contribution in [0, 0.1) is 19.7 Å². The molecule has 7 nitrogen and oxygen atoms in total. The van der Waals surface area contributed by atoms with Gasteiger partial charge in [0.2, 0.25) is 0 Å². The zero-order chi connectivity index (χ0) is 23.4. The van der Waals surface area contributed by atoms with E-state index in [0.29, 0.717) is 46.4 Å². The molecule has 168 valence electrons. The largest absolute Gasteiger partial charge is 0.493 e. The van der Waals surface area contributed by atoms with Gasteiger partial charge in [0.05, 0.1) is 29.7 Å². The minimum atomic E-state index is -0.334. The molecule has 4 rings (SSSR count). The van der Waals surface area contributed by atoms with Crippen molar-refractivity contribution in [3.8, 4) is 17.2 Å². The molecule has 0 atom stereocenters. The van der Waals surface area contributed by atoms with E-state index in [-0.39, 0.29) is 11.7 Å². The van der Waals surface area contributed by atoms with Gasteiger partial charge in [-0.2, -0.15) is 5.10 Å². The van der Waals surface area contributed by atoms with E-state index in [1.807, 2.05) is 12.1 Å². The number of pyridine rings is 1. The second-order valence-electron chi connectivity index (χ2n) is 7.40. The molecular weight excluding hydrogens is 423 g/mol. The Balaban J connectivity index is 1.55. The summed E-state index contributed by atoms with van der Waals surface area (Å²) < 4.78 is 26.2. The first-order valence-electron chi connectivity index (χ1n) is 10.3. The minimum Gasteiger partial charge on any atom is -0.493 e. The molecule has 33 heavy (non-hydrogen) atoms. The number of benzene rings is 2. The summed E-state index contributed by atoms with van der Waals surface area (Å²) in [7, 11) is 1.56. The number of amides is 1. The number of carbonyl (C=O) groups excluding carboxylic acids is 1. The molecule has 0 fully saturated rings. The van der Waals surface area contributed by atoms with E-state index in [2.05, 4.69) is 15.4 Å². The SMILES string of the molecule is COc1ccc(NC(=O)c2c(C)nn(-c3ccc(F)cc3)c2C)cc1OCc1cccnc1. The second kappa shape index (κ2) is 9.52. The lowest BCUT2D eigenvalue weighted by molar-refractivity contribution is 0.102. The van der Waals surface area contributed by atoms with Crippen LogP contribution in [-0.2, 0) is 6.61 Å². The summed E-state index contributed by atoms with van der Waals surface area (Å²) in [6, 6.07) is 14.9. The minimum absolute atomic E-state index is 0.304. The number of anilines is 1. The number of nitrogens with zero attached hydrogens (tertiary/aromatic N) is 3. The Morgan fingerprint density at radius 1 is 1.09 bits per heavy atom. The Hall–Kier alpha value is -4.20. The molecule has 2 heterocycles. The number of halogens is 1. The number of hydrogen-bond acceptors (Lipinski definition) is 5. The van der Waals surface area contributed by atoms with Crippen LogP contribution in [0.15, 0.2) is 67.0 Å². The molecule has 0 radical (unpaired) electrons. The van der Waals surface area contributed by atoms with E-state index in [1.54, 1.807) is 68.4 Å². The molecule has 1 N–H and O–H groups in total. The number of aryl methyl sites for hydroxylation is 1. The molecule has 0 bridgehead atoms. The second-order valence-corrected chi connectivity index (χ2v) is 7.40. The highest BCUT2D eigenvalue weighted by Crippen LogP contribution is 2.31. The number of carbonyl (C=O) groups is 1. The summed E-state index contributed by atoms with van der Waals surface area (Å²) in [5.41, 5.74) is 3.80. The quantitative estimate of drug-likeness (QED) is 0.439. The molecule has 2 aromatic carbocycles.